The van der Waals surface area contributed by atoms with E-state index in [1.165, 1.54) is 18.3 Å². The number of hydrogen-bond donors (Lipinski definition) is 0. The van der Waals surface area contributed by atoms with Gasteiger partial charge in [-0.15, -0.1) is 0 Å². The third-order valence-electron chi connectivity index (χ3n) is 5.97. The molecule has 11 heteroatoms. The maximum Gasteiger partial charge on any atom is 0.417 e. The van der Waals surface area contributed by atoms with Crippen molar-refractivity contribution in [3.05, 3.63) is 86.7 Å². The van der Waals surface area contributed by atoms with Gasteiger partial charge in [-0.2, -0.15) is 13.2 Å². The predicted molar refractivity (Wildman–Crippen MR) is 127 cm³/mol. The van der Waals surface area contributed by atoms with Crippen LogP contribution >= 0.6 is 34.8 Å². The minimum atomic E-state index is -4.49. The highest BCUT2D eigenvalue weighted by atomic mass is 35.5. The predicted octanol–water partition coefficient (Wildman–Crippen LogP) is 6.78. The van der Waals surface area contributed by atoms with Crippen LogP contribution in [0.25, 0.3) is 0 Å². The number of benzene rings is 1. The highest BCUT2D eigenvalue weighted by Gasteiger charge is 2.41. The molecule has 1 aromatic carbocycles. The molecule has 1 amide bonds. The Kier molecular flexibility index (Phi) is 7.45. The van der Waals surface area contributed by atoms with Gasteiger partial charge in [-0.1, -0.05) is 40.9 Å². The van der Waals surface area contributed by atoms with Gasteiger partial charge in [0, 0.05) is 48.9 Å². The van der Waals surface area contributed by atoms with Gasteiger partial charge in [-0.25, -0.2) is 9.97 Å². The smallest absolute Gasteiger partial charge is 0.417 e. The first-order valence-corrected chi connectivity index (χ1v) is 11.7. The standard InChI is InChI=1S/C24H19Cl3F3N3O2/c1-13(35-22-5-3-16(10-32-22)24(28,29)30)17-11-33(23(34)15-6-7-31-21(27)9-15)12-18(17)14-2-4-19(25)20(26)8-14/h2-10,13,17-18H,11-12H2,1H3/t13-,17+,18-/m1/s1. The highest BCUT2D eigenvalue weighted by molar-refractivity contribution is 6.42. The number of carbonyl (C=O) groups excluding carboxylic acids is 1. The third kappa shape index (κ3) is 5.82. The second-order valence-electron chi connectivity index (χ2n) is 8.23. The van der Waals surface area contributed by atoms with E-state index in [9.17, 15) is 18.0 Å². The van der Waals surface area contributed by atoms with Crippen LogP contribution in [0, 0.1) is 5.92 Å². The fourth-order valence-electron chi connectivity index (χ4n) is 4.18. The van der Waals surface area contributed by atoms with E-state index in [0.717, 1.165) is 17.8 Å². The Morgan fingerprint density at radius 1 is 1.06 bits per heavy atom. The van der Waals surface area contributed by atoms with E-state index < -0.39 is 17.8 Å². The largest absolute Gasteiger partial charge is 0.474 e. The minimum absolute atomic E-state index is 0.0593. The zero-order chi connectivity index (χ0) is 25.3. The lowest BCUT2D eigenvalue weighted by atomic mass is 9.86. The Morgan fingerprint density at radius 3 is 2.46 bits per heavy atom. The Bertz CT molecular complexity index is 1220. The quantitative estimate of drug-likeness (QED) is 0.332. The van der Waals surface area contributed by atoms with E-state index in [-0.39, 0.29) is 28.8 Å². The second-order valence-corrected chi connectivity index (χ2v) is 9.43. The Hall–Kier alpha value is -2.55. The summed E-state index contributed by atoms with van der Waals surface area (Å²) < 4.78 is 44.5. The summed E-state index contributed by atoms with van der Waals surface area (Å²) in [4.78, 5) is 22.6. The van der Waals surface area contributed by atoms with Gasteiger partial charge in [-0.3, -0.25) is 4.79 Å². The number of likely N-dealkylation sites (tertiary alicyclic amines) is 1. The fourth-order valence-corrected chi connectivity index (χ4v) is 4.66. The van der Waals surface area contributed by atoms with Gasteiger partial charge >= 0.3 is 6.18 Å². The normalized spacial score (nSPS) is 19.0. The molecule has 5 nitrogen and oxygen atoms in total. The molecule has 3 heterocycles. The molecule has 4 rings (SSSR count). The number of ether oxygens (including phenoxy) is 1. The molecule has 0 bridgehead atoms. The molecule has 0 saturated carbocycles. The van der Waals surface area contributed by atoms with Gasteiger partial charge in [0.25, 0.3) is 5.91 Å². The maximum atomic E-state index is 13.2. The van der Waals surface area contributed by atoms with E-state index in [0.29, 0.717) is 28.7 Å². The summed E-state index contributed by atoms with van der Waals surface area (Å²) in [6.45, 7) is 2.51. The summed E-state index contributed by atoms with van der Waals surface area (Å²) in [5, 5.41) is 0.992. The summed E-state index contributed by atoms with van der Waals surface area (Å²) >= 11 is 18.3. The number of aromatic nitrogens is 2. The van der Waals surface area contributed by atoms with Crippen molar-refractivity contribution in [3.8, 4) is 5.88 Å². The molecule has 35 heavy (non-hydrogen) atoms. The number of pyridine rings is 2. The lowest BCUT2D eigenvalue weighted by Crippen LogP contribution is -2.32. The number of halogens is 6. The lowest BCUT2D eigenvalue weighted by molar-refractivity contribution is -0.137. The molecule has 0 radical (unpaired) electrons. The van der Waals surface area contributed by atoms with Crippen LogP contribution in [-0.2, 0) is 6.18 Å². The number of nitrogens with zero attached hydrogens (tertiary/aromatic N) is 3. The van der Waals surface area contributed by atoms with Gasteiger partial charge in [0.05, 0.1) is 15.6 Å². The number of hydrogen-bond acceptors (Lipinski definition) is 4. The molecule has 2 aromatic heterocycles. The van der Waals surface area contributed by atoms with Gasteiger partial charge in [-0.05, 0) is 42.8 Å². The lowest BCUT2D eigenvalue weighted by Gasteiger charge is -2.25. The van der Waals surface area contributed by atoms with Gasteiger partial charge in [0.15, 0.2) is 0 Å². The molecule has 0 N–H and O–H groups in total. The molecule has 0 spiro atoms. The fraction of sp³-hybridized carbons (Fsp3) is 0.292. The van der Waals surface area contributed by atoms with Gasteiger partial charge in [0.2, 0.25) is 5.88 Å². The average molecular weight is 545 g/mol. The van der Waals surface area contributed by atoms with Gasteiger partial charge in [0.1, 0.15) is 11.3 Å². The van der Waals surface area contributed by atoms with Crippen LogP contribution in [0.1, 0.15) is 34.3 Å². The van der Waals surface area contributed by atoms with Crippen molar-refractivity contribution >= 4 is 40.7 Å². The van der Waals surface area contributed by atoms with Crippen molar-refractivity contribution in [1.82, 2.24) is 14.9 Å². The minimum Gasteiger partial charge on any atom is -0.474 e. The molecule has 1 saturated heterocycles. The molecular weight excluding hydrogens is 526 g/mol. The molecule has 3 atom stereocenters. The molecule has 1 aliphatic rings. The van der Waals surface area contributed by atoms with E-state index in [1.807, 2.05) is 6.07 Å². The van der Waals surface area contributed by atoms with Crippen molar-refractivity contribution in [2.45, 2.75) is 25.1 Å². The van der Waals surface area contributed by atoms with Crippen LogP contribution in [0.3, 0.4) is 0 Å². The average Bonchev–Trinajstić information content (AvgIpc) is 3.26. The molecule has 1 fully saturated rings. The summed E-state index contributed by atoms with van der Waals surface area (Å²) in [5.74, 6) is -0.543. The first-order chi connectivity index (χ1) is 16.5. The zero-order valence-corrected chi connectivity index (χ0v) is 20.5. The van der Waals surface area contributed by atoms with Crippen molar-refractivity contribution in [2.24, 2.45) is 5.92 Å². The van der Waals surface area contributed by atoms with Crippen LogP contribution in [-0.4, -0.2) is 40.0 Å². The number of rotatable bonds is 5. The van der Waals surface area contributed by atoms with Crippen LogP contribution in [0.4, 0.5) is 13.2 Å². The Balaban J connectivity index is 1.59. The van der Waals surface area contributed by atoms with E-state index in [2.05, 4.69) is 9.97 Å². The van der Waals surface area contributed by atoms with Gasteiger partial charge < -0.3 is 9.64 Å². The summed E-state index contributed by atoms with van der Waals surface area (Å²) in [6, 6.07) is 10.5. The van der Waals surface area contributed by atoms with Crippen LogP contribution in [0.2, 0.25) is 15.2 Å². The zero-order valence-electron chi connectivity index (χ0n) is 18.3. The van der Waals surface area contributed by atoms with Crippen LogP contribution in [0.15, 0.2) is 54.9 Å². The molecule has 3 aromatic rings. The highest BCUT2D eigenvalue weighted by Crippen LogP contribution is 2.39. The van der Waals surface area contributed by atoms with Crippen molar-refractivity contribution in [2.75, 3.05) is 13.1 Å². The first-order valence-electron chi connectivity index (χ1n) is 10.6. The first kappa shape index (κ1) is 25.5. The van der Waals surface area contributed by atoms with Crippen molar-refractivity contribution < 1.29 is 22.7 Å². The number of amides is 1. The molecular formula is C24H19Cl3F3N3O2. The number of alkyl halides is 3. The molecule has 0 aliphatic carbocycles. The molecule has 184 valence electrons. The maximum absolute atomic E-state index is 13.2. The summed E-state index contributed by atoms with van der Waals surface area (Å²) in [5.41, 5.74) is 0.402. The SMILES string of the molecule is C[C@@H](Oc1ccc(C(F)(F)F)cn1)[C@@H]1CN(C(=O)c2ccnc(Cl)c2)C[C@@H]1c1ccc(Cl)c(Cl)c1. The molecule has 1 aliphatic heterocycles. The second kappa shape index (κ2) is 10.2. The summed E-state index contributed by atoms with van der Waals surface area (Å²) in [6.07, 6.45) is -2.78. The topological polar surface area (TPSA) is 55.3 Å². The monoisotopic (exact) mass is 543 g/mol. The number of carbonyl (C=O) groups is 1. The third-order valence-corrected chi connectivity index (χ3v) is 6.92. The van der Waals surface area contributed by atoms with Crippen LogP contribution in [0.5, 0.6) is 5.88 Å². The van der Waals surface area contributed by atoms with E-state index in [4.69, 9.17) is 39.5 Å². The van der Waals surface area contributed by atoms with Crippen molar-refractivity contribution in [1.29, 1.82) is 0 Å². The van der Waals surface area contributed by atoms with Crippen molar-refractivity contribution in [3.63, 3.8) is 0 Å². The Labute approximate surface area is 214 Å². The van der Waals surface area contributed by atoms with Crippen LogP contribution < -0.4 is 4.74 Å². The van der Waals surface area contributed by atoms with E-state index in [1.54, 1.807) is 30.0 Å². The van der Waals surface area contributed by atoms with E-state index >= 15 is 0 Å². The Morgan fingerprint density at radius 2 is 1.83 bits per heavy atom. The molecule has 0 unspecified atom stereocenters. The summed E-state index contributed by atoms with van der Waals surface area (Å²) in [7, 11) is 0.